The van der Waals surface area contributed by atoms with Gasteiger partial charge >= 0.3 is 0 Å². The second-order valence-electron chi connectivity index (χ2n) is 8.11. The minimum atomic E-state index is 0.00653. The maximum absolute atomic E-state index is 12.7. The molecule has 4 aromatic rings. The Labute approximate surface area is 192 Å². The molecule has 33 heavy (non-hydrogen) atoms. The van der Waals surface area contributed by atoms with Gasteiger partial charge in [-0.1, -0.05) is 12.1 Å². The van der Waals surface area contributed by atoms with E-state index in [0.717, 1.165) is 40.5 Å². The molecule has 162 valence electrons. The highest BCUT2D eigenvalue weighted by Crippen LogP contribution is 2.34. The van der Waals surface area contributed by atoms with Gasteiger partial charge in [0, 0.05) is 56.1 Å². The summed E-state index contributed by atoms with van der Waals surface area (Å²) < 4.78 is 6.47. The number of benzene rings is 2. The van der Waals surface area contributed by atoms with Crippen LogP contribution >= 0.6 is 0 Å². The van der Waals surface area contributed by atoms with Crippen LogP contribution in [0.4, 0.5) is 0 Å². The van der Waals surface area contributed by atoms with Crippen molar-refractivity contribution in [2.45, 2.75) is 18.9 Å². The van der Waals surface area contributed by atoms with Crippen molar-refractivity contribution in [3.05, 3.63) is 90.5 Å². The van der Waals surface area contributed by atoms with Gasteiger partial charge in [0.1, 0.15) is 11.9 Å². The number of ether oxygens (including phenoxy) is 1. The van der Waals surface area contributed by atoms with Gasteiger partial charge in [-0.3, -0.25) is 14.8 Å². The highest BCUT2D eigenvalue weighted by atomic mass is 16.5. The fourth-order valence-corrected chi connectivity index (χ4v) is 4.23. The van der Waals surface area contributed by atoms with Crippen LogP contribution in [-0.2, 0) is 0 Å². The monoisotopic (exact) mass is 434 g/mol. The number of pyridine rings is 2. The first-order valence-electron chi connectivity index (χ1n) is 11.0. The standard InChI is InChI=1S/C27H22N4O2/c28-16-19-3-1-4-20(13-19)23-14-21-6-10-30-18-25(21)26(15-23)33-24-7-11-31(12-8-24)27(32)22-5-2-9-29-17-22/h1-6,9-10,13-15,17-18,24H,7-8,11-12H2. The maximum atomic E-state index is 12.7. The molecule has 0 atom stereocenters. The van der Waals surface area contributed by atoms with Crippen LogP contribution in [0.2, 0.25) is 0 Å². The molecule has 1 saturated heterocycles. The minimum Gasteiger partial charge on any atom is -0.490 e. The van der Waals surface area contributed by atoms with Crippen LogP contribution in [0.15, 0.2) is 79.4 Å². The van der Waals surface area contributed by atoms with Crippen LogP contribution in [-0.4, -0.2) is 40.0 Å². The molecular weight excluding hydrogens is 412 g/mol. The summed E-state index contributed by atoms with van der Waals surface area (Å²) in [7, 11) is 0. The molecule has 0 N–H and O–H groups in total. The van der Waals surface area contributed by atoms with Crippen LogP contribution < -0.4 is 4.74 Å². The third kappa shape index (κ3) is 4.39. The Morgan fingerprint density at radius 1 is 0.970 bits per heavy atom. The van der Waals surface area contributed by atoms with E-state index in [4.69, 9.17) is 4.74 Å². The predicted octanol–water partition coefficient (Wildman–Crippen LogP) is 4.85. The zero-order valence-corrected chi connectivity index (χ0v) is 18.0. The quantitative estimate of drug-likeness (QED) is 0.459. The first-order chi connectivity index (χ1) is 16.2. The molecule has 3 heterocycles. The summed E-state index contributed by atoms with van der Waals surface area (Å²) in [5, 5.41) is 11.3. The van der Waals surface area contributed by atoms with E-state index in [1.165, 1.54) is 0 Å². The van der Waals surface area contributed by atoms with E-state index < -0.39 is 0 Å². The normalized spacial score (nSPS) is 14.1. The molecular formula is C27H22N4O2. The second-order valence-corrected chi connectivity index (χ2v) is 8.11. The number of fused-ring (bicyclic) bond motifs is 1. The number of aromatic nitrogens is 2. The fraction of sp³-hybridized carbons (Fsp3) is 0.185. The van der Waals surface area contributed by atoms with Crippen molar-refractivity contribution in [2.75, 3.05) is 13.1 Å². The molecule has 0 aliphatic carbocycles. The molecule has 6 heteroatoms. The van der Waals surface area contributed by atoms with E-state index >= 15 is 0 Å². The molecule has 1 amide bonds. The molecule has 1 aliphatic rings. The summed E-state index contributed by atoms with van der Waals surface area (Å²) in [5.41, 5.74) is 3.19. The molecule has 0 bridgehead atoms. The van der Waals surface area contributed by atoms with E-state index in [2.05, 4.69) is 22.1 Å². The average Bonchev–Trinajstić information content (AvgIpc) is 2.89. The van der Waals surface area contributed by atoms with E-state index in [9.17, 15) is 10.1 Å². The lowest BCUT2D eigenvalue weighted by Crippen LogP contribution is -2.41. The van der Waals surface area contributed by atoms with Gasteiger partial charge in [-0.15, -0.1) is 0 Å². The van der Waals surface area contributed by atoms with Gasteiger partial charge in [-0.25, -0.2) is 0 Å². The molecule has 2 aromatic carbocycles. The average molecular weight is 434 g/mol. The van der Waals surface area contributed by atoms with Crippen molar-refractivity contribution >= 4 is 16.7 Å². The summed E-state index contributed by atoms with van der Waals surface area (Å²) in [4.78, 5) is 22.9. The summed E-state index contributed by atoms with van der Waals surface area (Å²) >= 11 is 0. The van der Waals surface area contributed by atoms with Gasteiger partial charge < -0.3 is 9.64 Å². The molecule has 0 radical (unpaired) electrons. The fourth-order valence-electron chi connectivity index (χ4n) is 4.23. The molecule has 6 nitrogen and oxygen atoms in total. The summed E-state index contributed by atoms with van der Waals surface area (Å²) in [6.07, 6.45) is 8.37. The van der Waals surface area contributed by atoms with Crippen molar-refractivity contribution in [1.82, 2.24) is 14.9 Å². The first kappa shape index (κ1) is 20.7. The Balaban J connectivity index is 1.37. The third-order valence-electron chi connectivity index (χ3n) is 5.97. The van der Waals surface area contributed by atoms with Crippen molar-refractivity contribution < 1.29 is 9.53 Å². The van der Waals surface area contributed by atoms with Gasteiger partial charge in [-0.05, 0) is 59.0 Å². The highest BCUT2D eigenvalue weighted by molar-refractivity contribution is 5.94. The molecule has 5 rings (SSSR count). The second kappa shape index (κ2) is 9.09. The van der Waals surface area contributed by atoms with Crippen LogP contribution in [0.1, 0.15) is 28.8 Å². The lowest BCUT2D eigenvalue weighted by Gasteiger charge is -2.32. The van der Waals surface area contributed by atoms with E-state index in [-0.39, 0.29) is 12.0 Å². The Morgan fingerprint density at radius 3 is 2.61 bits per heavy atom. The van der Waals surface area contributed by atoms with Crippen LogP contribution in [0.3, 0.4) is 0 Å². The van der Waals surface area contributed by atoms with Crippen molar-refractivity contribution in [3.63, 3.8) is 0 Å². The lowest BCUT2D eigenvalue weighted by molar-refractivity contribution is 0.0597. The van der Waals surface area contributed by atoms with Gasteiger partial charge in [0.2, 0.25) is 0 Å². The van der Waals surface area contributed by atoms with Crippen LogP contribution in [0, 0.1) is 11.3 Å². The van der Waals surface area contributed by atoms with Crippen molar-refractivity contribution in [3.8, 4) is 22.9 Å². The molecule has 0 saturated carbocycles. The number of hydrogen-bond donors (Lipinski definition) is 0. The van der Waals surface area contributed by atoms with E-state index in [1.807, 2.05) is 41.4 Å². The molecule has 1 fully saturated rings. The molecule has 2 aromatic heterocycles. The van der Waals surface area contributed by atoms with Crippen LogP contribution in [0.5, 0.6) is 5.75 Å². The molecule has 0 spiro atoms. The largest absolute Gasteiger partial charge is 0.490 e. The van der Waals surface area contributed by atoms with Gasteiger partial charge in [0.15, 0.2) is 0 Å². The van der Waals surface area contributed by atoms with Crippen molar-refractivity contribution in [1.29, 1.82) is 5.26 Å². The molecule has 1 aliphatic heterocycles. The lowest BCUT2D eigenvalue weighted by atomic mass is 9.99. The number of carbonyl (C=O) groups is 1. The Kier molecular flexibility index (Phi) is 5.69. The van der Waals surface area contributed by atoms with Crippen molar-refractivity contribution in [2.24, 2.45) is 0 Å². The number of nitrogens with zero attached hydrogens (tertiary/aromatic N) is 4. The number of rotatable bonds is 4. The number of hydrogen-bond acceptors (Lipinski definition) is 5. The third-order valence-corrected chi connectivity index (χ3v) is 5.97. The summed E-state index contributed by atoms with van der Waals surface area (Å²) in [6.45, 7) is 1.27. The number of likely N-dealkylation sites (tertiary alicyclic amines) is 1. The number of piperidine rings is 1. The maximum Gasteiger partial charge on any atom is 0.255 e. The zero-order chi connectivity index (χ0) is 22.6. The van der Waals surface area contributed by atoms with Gasteiger partial charge in [-0.2, -0.15) is 5.26 Å². The van der Waals surface area contributed by atoms with E-state index in [0.29, 0.717) is 24.2 Å². The summed E-state index contributed by atoms with van der Waals surface area (Å²) in [6, 6.07) is 19.4. The van der Waals surface area contributed by atoms with Crippen LogP contribution in [0.25, 0.3) is 21.9 Å². The number of carbonyl (C=O) groups excluding carboxylic acids is 1. The Bertz CT molecular complexity index is 1340. The smallest absolute Gasteiger partial charge is 0.255 e. The predicted molar refractivity (Wildman–Crippen MR) is 126 cm³/mol. The topological polar surface area (TPSA) is 79.1 Å². The highest BCUT2D eigenvalue weighted by Gasteiger charge is 2.25. The SMILES string of the molecule is N#Cc1cccc(-c2cc(OC3CCN(C(=O)c4cccnc4)CC3)c3cnccc3c2)c1. The van der Waals surface area contributed by atoms with Gasteiger partial charge in [0.05, 0.1) is 17.2 Å². The first-order valence-corrected chi connectivity index (χ1v) is 11.0. The van der Waals surface area contributed by atoms with Gasteiger partial charge in [0.25, 0.3) is 5.91 Å². The Morgan fingerprint density at radius 2 is 1.82 bits per heavy atom. The summed E-state index contributed by atoms with van der Waals surface area (Å²) in [5.74, 6) is 0.783. The number of nitriles is 1. The minimum absolute atomic E-state index is 0.00653. The Hall–Kier alpha value is -4.24. The number of amides is 1. The zero-order valence-electron chi connectivity index (χ0n) is 18.0. The molecule has 0 unspecified atom stereocenters. The van der Waals surface area contributed by atoms with E-state index in [1.54, 1.807) is 36.8 Å².